The number of aromatic nitrogens is 2. The Hall–Kier alpha value is -3.48. The van der Waals surface area contributed by atoms with Crippen molar-refractivity contribution >= 4 is 15.9 Å². The second-order valence-corrected chi connectivity index (χ2v) is 8.64. The molecule has 0 saturated heterocycles. The van der Waals surface area contributed by atoms with Crippen molar-refractivity contribution in [3.05, 3.63) is 88.7 Å². The largest absolute Gasteiger partial charge is 0.271 e. The number of amides is 1. The van der Waals surface area contributed by atoms with Crippen LogP contribution in [0, 0.1) is 11.3 Å². The van der Waals surface area contributed by atoms with Gasteiger partial charge in [-0.15, -0.1) is 0 Å². The van der Waals surface area contributed by atoms with E-state index in [1.54, 1.807) is 54.7 Å². The maximum Gasteiger partial charge on any atom is 0.271 e. The standard InChI is InChI=1S/C20H17N5O3S/c21-10-15-6-8-17(9-7-15)20(26)23-25-19-13-24(12-18(19)11-22-25)29(27,28)14-16-4-2-1-3-5-16/h1-9,11H,12-14H2,(H,23,26). The molecular formula is C20H17N5O3S. The number of carbonyl (C=O) groups excluding carboxylic acids is 1. The molecule has 1 amide bonds. The van der Waals surface area contributed by atoms with E-state index < -0.39 is 15.9 Å². The third-order valence-electron chi connectivity index (χ3n) is 4.70. The molecule has 1 aliphatic heterocycles. The van der Waals surface area contributed by atoms with E-state index in [1.165, 1.54) is 9.10 Å². The zero-order valence-electron chi connectivity index (χ0n) is 15.3. The highest BCUT2D eigenvalue weighted by molar-refractivity contribution is 7.88. The molecule has 146 valence electrons. The molecule has 8 nitrogen and oxygen atoms in total. The van der Waals surface area contributed by atoms with Crippen molar-refractivity contribution in [2.75, 3.05) is 5.43 Å². The Morgan fingerprint density at radius 2 is 1.83 bits per heavy atom. The van der Waals surface area contributed by atoms with Crippen LogP contribution in [-0.2, 0) is 28.9 Å². The monoisotopic (exact) mass is 407 g/mol. The second kappa shape index (κ2) is 7.50. The minimum atomic E-state index is -3.51. The van der Waals surface area contributed by atoms with Crippen LogP contribution >= 0.6 is 0 Å². The number of fused-ring (bicyclic) bond motifs is 1. The number of sulfonamides is 1. The van der Waals surface area contributed by atoms with Crippen LogP contribution in [0.2, 0.25) is 0 Å². The Bertz CT molecular complexity index is 1200. The summed E-state index contributed by atoms with van der Waals surface area (Å²) in [5, 5.41) is 13.0. The maximum absolute atomic E-state index is 12.8. The lowest BCUT2D eigenvalue weighted by atomic mass is 10.1. The van der Waals surface area contributed by atoms with Gasteiger partial charge in [0.05, 0.1) is 35.8 Å². The first-order valence-electron chi connectivity index (χ1n) is 8.85. The van der Waals surface area contributed by atoms with Crippen LogP contribution in [0.15, 0.2) is 60.8 Å². The Labute approximate surface area is 168 Å². The number of nitrogens with zero attached hydrogens (tertiary/aromatic N) is 4. The number of benzene rings is 2. The van der Waals surface area contributed by atoms with E-state index >= 15 is 0 Å². The Morgan fingerprint density at radius 3 is 2.52 bits per heavy atom. The van der Waals surface area contributed by atoms with Gasteiger partial charge in [-0.05, 0) is 29.8 Å². The molecule has 2 heterocycles. The van der Waals surface area contributed by atoms with Crippen LogP contribution < -0.4 is 5.43 Å². The van der Waals surface area contributed by atoms with Gasteiger partial charge in [-0.1, -0.05) is 30.3 Å². The average Bonchev–Trinajstić information content (AvgIpc) is 3.31. The van der Waals surface area contributed by atoms with Gasteiger partial charge in [-0.25, -0.2) is 13.8 Å². The predicted molar refractivity (Wildman–Crippen MR) is 105 cm³/mol. The number of carbonyl (C=O) groups is 1. The van der Waals surface area contributed by atoms with Crippen LogP contribution in [0.3, 0.4) is 0 Å². The van der Waals surface area contributed by atoms with Crippen LogP contribution in [0.4, 0.5) is 0 Å². The highest BCUT2D eigenvalue weighted by Crippen LogP contribution is 2.26. The maximum atomic E-state index is 12.8. The molecule has 4 rings (SSSR count). The molecule has 0 bridgehead atoms. The van der Waals surface area contributed by atoms with Crippen LogP contribution in [0.5, 0.6) is 0 Å². The summed E-state index contributed by atoms with van der Waals surface area (Å²) >= 11 is 0. The summed E-state index contributed by atoms with van der Waals surface area (Å²) in [6, 6.07) is 17.2. The third kappa shape index (κ3) is 3.89. The van der Waals surface area contributed by atoms with Crippen molar-refractivity contribution in [2.45, 2.75) is 18.8 Å². The fourth-order valence-corrected chi connectivity index (χ4v) is 4.60. The van der Waals surface area contributed by atoms with E-state index in [2.05, 4.69) is 10.5 Å². The molecule has 0 spiro atoms. The summed E-state index contributed by atoms with van der Waals surface area (Å²) in [6.45, 7) is 0.357. The lowest BCUT2D eigenvalue weighted by molar-refractivity contribution is 0.100. The van der Waals surface area contributed by atoms with E-state index in [0.717, 1.165) is 11.1 Å². The van der Waals surface area contributed by atoms with E-state index in [-0.39, 0.29) is 18.8 Å². The van der Waals surface area contributed by atoms with Crippen molar-refractivity contribution < 1.29 is 13.2 Å². The molecule has 1 N–H and O–H groups in total. The average molecular weight is 407 g/mol. The number of nitrogens with one attached hydrogen (secondary N) is 1. The van der Waals surface area contributed by atoms with Crippen molar-refractivity contribution in [3.63, 3.8) is 0 Å². The minimum Gasteiger partial charge on any atom is -0.267 e. The van der Waals surface area contributed by atoms with Crippen LogP contribution in [-0.4, -0.2) is 28.5 Å². The van der Waals surface area contributed by atoms with Crippen LogP contribution in [0.25, 0.3) is 0 Å². The molecule has 2 aromatic carbocycles. The van der Waals surface area contributed by atoms with Gasteiger partial charge in [0.25, 0.3) is 5.91 Å². The Morgan fingerprint density at radius 1 is 1.10 bits per heavy atom. The van der Waals surface area contributed by atoms with Gasteiger partial charge in [0.1, 0.15) is 0 Å². The highest BCUT2D eigenvalue weighted by Gasteiger charge is 2.32. The lowest BCUT2D eigenvalue weighted by Gasteiger charge is -2.16. The van der Waals surface area contributed by atoms with E-state index in [4.69, 9.17) is 5.26 Å². The van der Waals surface area contributed by atoms with Gasteiger partial charge < -0.3 is 0 Å². The third-order valence-corrected chi connectivity index (χ3v) is 6.44. The van der Waals surface area contributed by atoms with Gasteiger partial charge in [-0.2, -0.15) is 19.5 Å². The first-order chi connectivity index (χ1) is 14.0. The molecule has 1 aliphatic rings. The quantitative estimate of drug-likeness (QED) is 0.696. The molecule has 3 aromatic rings. The van der Waals surface area contributed by atoms with E-state index in [9.17, 15) is 13.2 Å². The molecule has 0 saturated carbocycles. The molecule has 0 fully saturated rings. The van der Waals surface area contributed by atoms with Crippen LogP contribution in [0.1, 0.15) is 32.7 Å². The molecule has 29 heavy (non-hydrogen) atoms. The van der Waals surface area contributed by atoms with Crippen molar-refractivity contribution in [3.8, 4) is 6.07 Å². The zero-order valence-corrected chi connectivity index (χ0v) is 16.1. The molecule has 1 aromatic heterocycles. The summed E-state index contributed by atoms with van der Waals surface area (Å²) in [5.41, 5.74) is 5.60. The van der Waals surface area contributed by atoms with Gasteiger partial charge in [0.2, 0.25) is 10.0 Å². The second-order valence-electron chi connectivity index (χ2n) is 6.67. The fourth-order valence-electron chi connectivity index (χ4n) is 3.15. The van der Waals surface area contributed by atoms with Gasteiger partial charge >= 0.3 is 0 Å². The van der Waals surface area contributed by atoms with Gasteiger partial charge in [0, 0.05) is 17.7 Å². The topological polar surface area (TPSA) is 108 Å². The summed E-state index contributed by atoms with van der Waals surface area (Å²) in [4.78, 5) is 13.8. The summed E-state index contributed by atoms with van der Waals surface area (Å²) in [7, 11) is -3.51. The summed E-state index contributed by atoms with van der Waals surface area (Å²) in [6.07, 6.45) is 1.56. The van der Waals surface area contributed by atoms with Crippen molar-refractivity contribution in [2.24, 2.45) is 0 Å². The number of hydrogen-bond acceptors (Lipinski definition) is 5. The molecule has 0 aliphatic carbocycles. The number of rotatable bonds is 5. The first-order valence-corrected chi connectivity index (χ1v) is 10.5. The lowest BCUT2D eigenvalue weighted by Crippen LogP contribution is -2.30. The fraction of sp³-hybridized carbons (Fsp3) is 0.150. The van der Waals surface area contributed by atoms with E-state index in [0.29, 0.717) is 16.8 Å². The minimum absolute atomic E-state index is 0.0802. The molecule has 0 atom stereocenters. The normalized spacial score (nSPS) is 13.6. The summed E-state index contributed by atoms with van der Waals surface area (Å²) < 4.78 is 26.9. The smallest absolute Gasteiger partial charge is 0.267 e. The number of hydrogen-bond donors (Lipinski definition) is 1. The SMILES string of the molecule is N#Cc1ccc(C(=O)Nn2ncc3c2CN(S(=O)(=O)Cc2ccccc2)C3)cc1. The predicted octanol–water partition coefficient (Wildman–Crippen LogP) is 1.98. The zero-order chi connectivity index (χ0) is 20.4. The molecule has 0 radical (unpaired) electrons. The summed E-state index contributed by atoms with van der Waals surface area (Å²) in [5.74, 6) is -0.477. The Balaban J connectivity index is 1.47. The molecule has 0 unspecified atom stereocenters. The van der Waals surface area contributed by atoms with Crippen molar-refractivity contribution in [1.82, 2.24) is 14.2 Å². The number of nitriles is 1. The first kappa shape index (κ1) is 18.9. The highest BCUT2D eigenvalue weighted by atomic mass is 32.2. The molecule has 9 heteroatoms. The van der Waals surface area contributed by atoms with Gasteiger partial charge in [0.15, 0.2) is 0 Å². The Kier molecular flexibility index (Phi) is 4.88. The molecular weight excluding hydrogens is 390 g/mol. The van der Waals surface area contributed by atoms with Gasteiger partial charge in [-0.3, -0.25) is 4.79 Å². The van der Waals surface area contributed by atoms with E-state index in [1.807, 2.05) is 12.1 Å². The van der Waals surface area contributed by atoms with Crippen molar-refractivity contribution in [1.29, 1.82) is 5.26 Å².